The molecule has 1 aromatic heterocycles. The van der Waals surface area contributed by atoms with Gasteiger partial charge in [-0.25, -0.2) is 4.98 Å². The molecule has 17 heavy (non-hydrogen) atoms. The summed E-state index contributed by atoms with van der Waals surface area (Å²) in [4.78, 5) is 15.8. The fourth-order valence-electron chi connectivity index (χ4n) is 1.71. The van der Waals surface area contributed by atoms with Gasteiger partial charge in [-0.1, -0.05) is 13.3 Å². The summed E-state index contributed by atoms with van der Waals surface area (Å²) in [7, 11) is 0. The van der Waals surface area contributed by atoms with E-state index in [2.05, 4.69) is 17.2 Å². The van der Waals surface area contributed by atoms with Crippen molar-refractivity contribution in [1.82, 2.24) is 14.9 Å². The van der Waals surface area contributed by atoms with Crippen LogP contribution in [0.1, 0.15) is 45.5 Å². The van der Waals surface area contributed by atoms with Crippen molar-refractivity contribution in [3.05, 3.63) is 18.2 Å². The highest BCUT2D eigenvalue weighted by molar-refractivity contribution is 5.80. The number of hydrogen-bond acceptors (Lipinski definition) is 3. The molecule has 2 atom stereocenters. The number of carbonyl (C=O) groups is 1. The highest BCUT2D eigenvalue weighted by Gasteiger charge is 2.18. The predicted molar refractivity (Wildman–Crippen MR) is 64.2 cm³/mol. The number of amides is 1. The minimum Gasteiger partial charge on any atom is -0.352 e. The Morgan fingerprint density at radius 1 is 1.65 bits per heavy atom. The van der Waals surface area contributed by atoms with Gasteiger partial charge in [0.15, 0.2) is 0 Å². The Morgan fingerprint density at radius 2 is 2.35 bits per heavy atom. The molecule has 0 aliphatic carbocycles. The van der Waals surface area contributed by atoms with Crippen molar-refractivity contribution in [1.29, 1.82) is 5.26 Å². The molecular formula is C12H18N4O. The molecule has 0 aliphatic heterocycles. The molecule has 5 heteroatoms. The van der Waals surface area contributed by atoms with Crippen molar-refractivity contribution < 1.29 is 4.79 Å². The molecule has 0 radical (unpaired) electrons. The fourth-order valence-corrected chi connectivity index (χ4v) is 1.71. The molecule has 0 spiro atoms. The molecule has 1 amide bonds. The van der Waals surface area contributed by atoms with Crippen LogP contribution in [0.5, 0.6) is 0 Å². The second-order valence-electron chi connectivity index (χ2n) is 4.14. The lowest BCUT2D eigenvalue weighted by atomic mass is 10.2. The molecule has 0 saturated heterocycles. The number of hydrogen-bond donors (Lipinski definition) is 1. The summed E-state index contributed by atoms with van der Waals surface area (Å²) < 4.78 is 1.58. The van der Waals surface area contributed by atoms with E-state index in [1.807, 2.05) is 13.0 Å². The van der Waals surface area contributed by atoms with E-state index in [4.69, 9.17) is 5.26 Å². The van der Waals surface area contributed by atoms with Gasteiger partial charge in [0.05, 0.1) is 0 Å². The summed E-state index contributed by atoms with van der Waals surface area (Å²) in [6.07, 6.45) is 5.16. The van der Waals surface area contributed by atoms with Crippen LogP contribution in [0.25, 0.3) is 0 Å². The van der Waals surface area contributed by atoms with Crippen LogP contribution in [0.15, 0.2) is 12.4 Å². The van der Waals surface area contributed by atoms with Gasteiger partial charge >= 0.3 is 0 Å². The first-order chi connectivity index (χ1) is 8.10. The molecule has 2 unspecified atom stereocenters. The standard InChI is InChI=1S/C12H18N4O/c1-4-5-9(2)15-12(17)10(3)16-7-6-14-11(16)8-13/h6-7,9-10H,4-5H2,1-3H3,(H,15,17). The SMILES string of the molecule is CCCC(C)NC(=O)C(C)n1ccnc1C#N. The average molecular weight is 234 g/mol. The van der Waals surface area contributed by atoms with Crippen LogP contribution >= 0.6 is 0 Å². The molecule has 0 bridgehead atoms. The van der Waals surface area contributed by atoms with Crippen LogP contribution in [0.4, 0.5) is 0 Å². The molecule has 1 aromatic rings. The highest BCUT2D eigenvalue weighted by atomic mass is 16.2. The van der Waals surface area contributed by atoms with E-state index >= 15 is 0 Å². The average Bonchev–Trinajstić information content (AvgIpc) is 2.76. The van der Waals surface area contributed by atoms with Gasteiger partial charge < -0.3 is 9.88 Å². The van der Waals surface area contributed by atoms with Gasteiger partial charge in [0.1, 0.15) is 12.1 Å². The minimum atomic E-state index is -0.411. The fraction of sp³-hybridized carbons (Fsp3) is 0.583. The lowest BCUT2D eigenvalue weighted by Crippen LogP contribution is -2.37. The summed E-state index contributed by atoms with van der Waals surface area (Å²) in [5, 5.41) is 11.8. The van der Waals surface area contributed by atoms with E-state index in [1.165, 1.54) is 6.20 Å². The lowest BCUT2D eigenvalue weighted by molar-refractivity contribution is -0.124. The number of nitrogens with one attached hydrogen (secondary N) is 1. The second kappa shape index (κ2) is 6.04. The molecule has 5 nitrogen and oxygen atoms in total. The maximum Gasteiger partial charge on any atom is 0.243 e. The van der Waals surface area contributed by atoms with E-state index in [0.717, 1.165) is 12.8 Å². The monoisotopic (exact) mass is 234 g/mol. The molecule has 0 fully saturated rings. The second-order valence-corrected chi connectivity index (χ2v) is 4.14. The van der Waals surface area contributed by atoms with Crippen molar-refractivity contribution in [2.45, 2.75) is 45.7 Å². The summed E-state index contributed by atoms with van der Waals surface area (Å²) in [6, 6.07) is 1.71. The highest BCUT2D eigenvalue weighted by Crippen LogP contribution is 2.09. The zero-order chi connectivity index (χ0) is 12.8. The molecule has 1 N–H and O–H groups in total. The summed E-state index contributed by atoms with van der Waals surface area (Å²) in [6.45, 7) is 5.82. The minimum absolute atomic E-state index is 0.0829. The number of aromatic nitrogens is 2. The first kappa shape index (κ1) is 13.2. The number of nitriles is 1. The quantitative estimate of drug-likeness (QED) is 0.841. The van der Waals surface area contributed by atoms with Crippen LogP contribution in [-0.4, -0.2) is 21.5 Å². The molecule has 1 heterocycles. The van der Waals surface area contributed by atoms with Crippen LogP contribution < -0.4 is 5.32 Å². The van der Waals surface area contributed by atoms with Crippen molar-refractivity contribution in [3.8, 4) is 6.07 Å². The van der Waals surface area contributed by atoms with E-state index < -0.39 is 6.04 Å². The van der Waals surface area contributed by atoms with E-state index in [0.29, 0.717) is 0 Å². The van der Waals surface area contributed by atoms with Crippen LogP contribution in [0.3, 0.4) is 0 Å². The Hall–Kier alpha value is -1.83. The largest absolute Gasteiger partial charge is 0.352 e. The molecular weight excluding hydrogens is 216 g/mol. The number of rotatable bonds is 5. The van der Waals surface area contributed by atoms with Crippen molar-refractivity contribution >= 4 is 5.91 Å². The van der Waals surface area contributed by atoms with Crippen molar-refractivity contribution in [3.63, 3.8) is 0 Å². The first-order valence-electron chi connectivity index (χ1n) is 5.83. The Balaban J connectivity index is 2.67. The third-order valence-electron chi connectivity index (χ3n) is 2.68. The van der Waals surface area contributed by atoms with E-state index in [9.17, 15) is 4.79 Å². The Bertz CT molecular complexity index is 418. The lowest BCUT2D eigenvalue weighted by Gasteiger charge is -2.18. The molecule has 0 aliphatic rings. The zero-order valence-electron chi connectivity index (χ0n) is 10.5. The Labute approximate surface area is 101 Å². The molecule has 92 valence electrons. The predicted octanol–water partition coefficient (Wildman–Crippen LogP) is 1.62. The normalized spacial score (nSPS) is 13.8. The van der Waals surface area contributed by atoms with Crippen molar-refractivity contribution in [2.75, 3.05) is 0 Å². The summed E-state index contributed by atoms with van der Waals surface area (Å²) >= 11 is 0. The van der Waals surface area contributed by atoms with Gasteiger partial charge in [0, 0.05) is 18.4 Å². The van der Waals surface area contributed by atoms with Crippen LogP contribution in [-0.2, 0) is 4.79 Å². The molecule has 1 rings (SSSR count). The maximum atomic E-state index is 11.9. The Morgan fingerprint density at radius 3 is 2.94 bits per heavy atom. The molecule has 0 saturated carbocycles. The number of imidazole rings is 1. The van der Waals surface area contributed by atoms with E-state index in [1.54, 1.807) is 17.7 Å². The van der Waals surface area contributed by atoms with E-state index in [-0.39, 0.29) is 17.8 Å². The summed E-state index contributed by atoms with van der Waals surface area (Å²) in [5.74, 6) is 0.177. The van der Waals surface area contributed by atoms with Gasteiger partial charge in [-0.05, 0) is 20.3 Å². The van der Waals surface area contributed by atoms with Gasteiger partial charge in [-0.2, -0.15) is 5.26 Å². The van der Waals surface area contributed by atoms with Gasteiger partial charge in [-0.3, -0.25) is 4.79 Å². The smallest absolute Gasteiger partial charge is 0.243 e. The number of nitrogens with zero attached hydrogens (tertiary/aromatic N) is 3. The summed E-state index contributed by atoms with van der Waals surface area (Å²) in [5.41, 5.74) is 0. The first-order valence-corrected chi connectivity index (χ1v) is 5.83. The molecule has 0 aromatic carbocycles. The van der Waals surface area contributed by atoms with Crippen LogP contribution in [0, 0.1) is 11.3 Å². The maximum absolute atomic E-state index is 11.9. The van der Waals surface area contributed by atoms with Gasteiger partial charge in [0.2, 0.25) is 11.7 Å². The number of carbonyl (C=O) groups excluding carboxylic acids is 1. The van der Waals surface area contributed by atoms with Crippen LogP contribution in [0.2, 0.25) is 0 Å². The third-order valence-corrected chi connectivity index (χ3v) is 2.68. The topological polar surface area (TPSA) is 70.7 Å². The third kappa shape index (κ3) is 3.31. The van der Waals surface area contributed by atoms with Gasteiger partial charge in [-0.15, -0.1) is 0 Å². The van der Waals surface area contributed by atoms with Gasteiger partial charge in [0.25, 0.3) is 0 Å². The van der Waals surface area contributed by atoms with Crippen molar-refractivity contribution in [2.24, 2.45) is 0 Å². The Kier molecular flexibility index (Phi) is 4.70. The zero-order valence-corrected chi connectivity index (χ0v) is 10.5.